The molecule has 2 aromatic carbocycles. The van der Waals surface area contributed by atoms with Crippen molar-refractivity contribution in [1.29, 1.82) is 0 Å². The number of ether oxygens (including phenoxy) is 3. The number of hydrogen-bond donors (Lipinski definition) is 3. The van der Waals surface area contributed by atoms with E-state index in [1.807, 2.05) is 47.6 Å². The molecule has 3 N–H and O–H groups in total. The van der Waals surface area contributed by atoms with Gasteiger partial charge in [0.15, 0.2) is 11.2 Å². The van der Waals surface area contributed by atoms with Crippen LogP contribution in [0.5, 0.6) is 23.0 Å². The summed E-state index contributed by atoms with van der Waals surface area (Å²) in [6.45, 7) is 14.0. The fourth-order valence-electron chi connectivity index (χ4n) is 6.39. The Morgan fingerprint density at radius 1 is 0.696 bits per heavy atom. The van der Waals surface area contributed by atoms with Crippen LogP contribution in [0, 0.1) is 11.8 Å². The van der Waals surface area contributed by atoms with E-state index in [0.717, 1.165) is 35.8 Å². The Labute approximate surface area is 267 Å². The molecule has 0 bridgehead atoms. The minimum Gasteiger partial charge on any atom is -0.507 e. The molecule has 46 heavy (non-hydrogen) atoms. The van der Waals surface area contributed by atoms with Gasteiger partial charge in [0.1, 0.15) is 35.2 Å². The Morgan fingerprint density at radius 3 is 1.63 bits per heavy atom. The van der Waals surface area contributed by atoms with E-state index in [2.05, 4.69) is 6.92 Å². The van der Waals surface area contributed by atoms with Crippen LogP contribution in [-0.2, 0) is 12.8 Å². The van der Waals surface area contributed by atoms with E-state index in [0.29, 0.717) is 52.4 Å². The Kier molecular flexibility index (Phi) is 9.70. The highest BCUT2D eigenvalue weighted by molar-refractivity contribution is 5.92. The van der Waals surface area contributed by atoms with E-state index in [1.54, 1.807) is 0 Å². The van der Waals surface area contributed by atoms with Gasteiger partial charge in [0.2, 0.25) is 0 Å². The van der Waals surface area contributed by atoms with Gasteiger partial charge in [-0.05, 0) is 44.7 Å². The third-order valence-electron chi connectivity index (χ3n) is 9.17. The predicted molar refractivity (Wildman–Crippen MR) is 174 cm³/mol. The van der Waals surface area contributed by atoms with E-state index < -0.39 is 23.5 Å². The van der Waals surface area contributed by atoms with E-state index in [4.69, 9.17) is 23.0 Å². The SMILES string of the molecule is CCCc1cc(=O)oc2c3c(cc(O)c12)O[C@H](C)[C@@H](C)C3O.CCCc1cc(=O)oc2c3c(cc(OCC)c12)O[C@H](C)[C@@H](C)C3O. The number of rotatable bonds is 6. The molecule has 4 aromatic rings. The number of aromatic hydroxyl groups is 1. The average molecular weight is 637 g/mol. The summed E-state index contributed by atoms with van der Waals surface area (Å²) in [6, 6.07) is 6.23. The molecule has 10 nitrogen and oxygen atoms in total. The maximum atomic E-state index is 12.1. The lowest BCUT2D eigenvalue weighted by atomic mass is 9.88. The third-order valence-corrected chi connectivity index (χ3v) is 9.17. The average Bonchev–Trinajstić information content (AvgIpc) is 2.99. The first kappa shape index (κ1) is 33.3. The number of hydrogen-bond acceptors (Lipinski definition) is 10. The topological polar surface area (TPSA) is 149 Å². The van der Waals surface area contributed by atoms with Crippen molar-refractivity contribution >= 4 is 21.9 Å². The van der Waals surface area contributed by atoms with Crippen LogP contribution in [0.4, 0.5) is 0 Å². The highest BCUT2D eigenvalue weighted by Crippen LogP contribution is 2.47. The Hall–Kier alpha value is -4.02. The normalized spacial score (nSPS) is 23.5. The zero-order chi connectivity index (χ0) is 33.4. The monoisotopic (exact) mass is 636 g/mol. The summed E-state index contributed by atoms with van der Waals surface area (Å²) in [6.07, 6.45) is 1.25. The van der Waals surface area contributed by atoms with E-state index in [-0.39, 0.29) is 35.4 Å². The van der Waals surface area contributed by atoms with E-state index in [9.17, 15) is 24.9 Å². The van der Waals surface area contributed by atoms with Gasteiger partial charge < -0.3 is 38.4 Å². The molecule has 10 heteroatoms. The van der Waals surface area contributed by atoms with Crippen LogP contribution in [-0.4, -0.2) is 34.1 Å². The second-order valence-corrected chi connectivity index (χ2v) is 12.4. The van der Waals surface area contributed by atoms with Crippen LogP contribution in [0.2, 0.25) is 0 Å². The number of aliphatic hydroxyl groups excluding tert-OH is 2. The van der Waals surface area contributed by atoms with Crippen molar-refractivity contribution in [3.8, 4) is 23.0 Å². The molecule has 0 saturated heterocycles. The number of fused-ring (bicyclic) bond motifs is 6. The minimum absolute atomic E-state index is 0.00917. The molecule has 2 unspecified atom stereocenters. The lowest BCUT2D eigenvalue weighted by Crippen LogP contribution is -2.32. The zero-order valence-electron chi connectivity index (χ0n) is 27.5. The molecular formula is C36H44O10. The first-order chi connectivity index (χ1) is 21.9. The lowest BCUT2D eigenvalue weighted by Gasteiger charge is -2.34. The molecule has 248 valence electrons. The Balaban J connectivity index is 0.000000182. The first-order valence-corrected chi connectivity index (χ1v) is 16.2. The second-order valence-electron chi connectivity index (χ2n) is 12.4. The fourth-order valence-corrected chi connectivity index (χ4v) is 6.39. The van der Waals surface area contributed by atoms with Gasteiger partial charge in [0.25, 0.3) is 0 Å². The molecule has 2 aliphatic rings. The number of aliphatic hydroxyl groups is 2. The molecule has 2 aromatic heterocycles. The molecule has 6 rings (SSSR count). The Bertz CT molecular complexity index is 1850. The molecule has 0 amide bonds. The minimum atomic E-state index is -0.804. The van der Waals surface area contributed by atoms with Crippen molar-refractivity contribution in [3.05, 3.63) is 67.4 Å². The lowest BCUT2D eigenvalue weighted by molar-refractivity contribution is 0.0174. The number of aryl methyl sites for hydroxylation is 2. The van der Waals surface area contributed by atoms with Crippen LogP contribution >= 0.6 is 0 Å². The first-order valence-electron chi connectivity index (χ1n) is 16.2. The smallest absolute Gasteiger partial charge is 0.336 e. The van der Waals surface area contributed by atoms with Crippen molar-refractivity contribution in [2.75, 3.05) is 6.61 Å². The highest BCUT2D eigenvalue weighted by atomic mass is 16.5. The second kappa shape index (κ2) is 13.4. The summed E-state index contributed by atoms with van der Waals surface area (Å²) in [5.74, 6) is 1.31. The van der Waals surface area contributed by atoms with Crippen LogP contribution in [0.1, 0.15) is 95.8 Å². The van der Waals surface area contributed by atoms with Crippen molar-refractivity contribution in [1.82, 2.24) is 0 Å². The summed E-state index contributed by atoms with van der Waals surface area (Å²) < 4.78 is 28.3. The quantitative estimate of drug-likeness (QED) is 0.200. The van der Waals surface area contributed by atoms with Crippen LogP contribution < -0.4 is 25.5 Å². The molecule has 0 fully saturated rings. The van der Waals surface area contributed by atoms with Crippen molar-refractivity contribution in [3.63, 3.8) is 0 Å². The van der Waals surface area contributed by atoms with Crippen LogP contribution in [0.15, 0.2) is 42.7 Å². The zero-order valence-corrected chi connectivity index (χ0v) is 27.5. The fraction of sp³-hybridized carbons (Fsp3) is 0.500. The summed E-state index contributed by atoms with van der Waals surface area (Å²) in [4.78, 5) is 23.9. The summed E-state index contributed by atoms with van der Waals surface area (Å²) in [7, 11) is 0. The highest BCUT2D eigenvalue weighted by Gasteiger charge is 2.37. The third kappa shape index (κ3) is 5.96. The maximum Gasteiger partial charge on any atom is 0.336 e. The van der Waals surface area contributed by atoms with Gasteiger partial charge in [-0.3, -0.25) is 0 Å². The van der Waals surface area contributed by atoms with Gasteiger partial charge in [-0.2, -0.15) is 0 Å². The maximum absolute atomic E-state index is 12.1. The van der Waals surface area contributed by atoms with Gasteiger partial charge in [0.05, 0.1) is 40.7 Å². The van der Waals surface area contributed by atoms with Crippen molar-refractivity contribution in [2.45, 2.75) is 98.6 Å². The number of benzene rings is 2. The molecule has 0 aliphatic carbocycles. The standard InChI is InChI=1S/C19H24O5.C17H20O5/c1-5-7-12-8-15(20)24-19-16(12)13(22-6-2)9-14-17(19)18(21)10(3)11(4)23-14;1-4-5-10-6-13(19)22-17-14(10)11(18)7-12-15(17)16(20)8(2)9(3)21-12/h8-11,18,21H,5-7H2,1-4H3;6-9,16,18,20H,4-5H2,1-3H3/t10-,11-,18?;8-,9-,16?/m11/s1. The van der Waals surface area contributed by atoms with Crippen LogP contribution in [0.25, 0.3) is 21.9 Å². The van der Waals surface area contributed by atoms with Gasteiger partial charge >= 0.3 is 11.3 Å². The van der Waals surface area contributed by atoms with E-state index in [1.165, 1.54) is 18.2 Å². The molecule has 0 saturated carbocycles. The number of phenolic OH excluding ortho intramolecular Hbond substituents is 1. The number of phenols is 1. The predicted octanol–water partition coefficient (Wildman–Crippen LogP) is 6.50. The molecule has 0 spiro atoms. The van der Waals surface area contributed by atoms with Crippen LogP contribution in [0.3, 0.4) is 0 Å². The van der Waals surface area contributed by atoms with Gasteiger partial charge in [-0.1, -0.05) is 40.5 Å². The Morgan fingerprint density at radius 2 is 1.15 bits per heavy atom. The summed E-state index contributed by atoms with van der Waals surface area (Å²) in [5.41, 5.74) is 2.33. The summed E-state index contributed by atoms with van der Waals surface area (Å²) in [5, 5.41) is 32.9. The summed E-state index contributed by atoms with van der Waals surface area (Å²) >= 11 is 0. The van der Waals surface area contributed by atoms with Crippen molar-refractivity contribution < 1.29 is 38.4 Å². The molecule has 0 radical (unpaired) electrons. The van der Waals surface area contributed by atoms with Gasteiger partial charge in [0, 0.05) is 36.1 Å². The molecule has 2 aliphatic heterocycles. The molecule has 4 heterocycles. The van der Waals surface area contributed by atoms with Gasteiger partial charge in [-0.15, -0.1) is 0 Å². The van der Waals surface area contributed by atoms with Crippen molar-refractivity contribution in [2.24, 2.45) is 11.8 Å². The molecule has 6 atom stereocenters. The van der Waals surface area contributed by atoms with E-state index >= 15 is 0 Å². The van der Waals surface area contributed by atoms with Gasteiger partial charge in [-0.25, -0.2) is 9.59 Å². The molecular weight excluding hydrogens is 592 g/mol. The largest absolute Gasteiger partial charge is 0.507 e.